The number of fused-ring (bicyclic) bond motifs is 1. The highest BCUT2D eigenvalue weighted by Gasteiger charge is 2.18. The first-order chi connectivity index (χ1) is 9.74. The fraction of sp³-hybridized carbons (Fsp3) is 0.438. The van der Waals surface area contributed by atoms with Crippen LogP contribution in [0.2, 0.25) is 0 Å². The van der Waals surface area contributed by atoms with E-state index in [2.05, 4.69) is 10.3 Å². The van der Waals surface area contributed by atoms with Crippen LogP contribution in [0.1, 0.15) is 48.9 Å². The van der Waals surface area contributed by atoms with Crippen molar-refractivity contribution in [3.63, 3.8) is 0 Å². The molecule has 3 rings (SSSR count). The molecule has 1 amide bonds. The van der Waals surface area contributed by atoms with Gasteiger partial charge in [0.1, 0.15) is 0 Å². The Morgan fingerprint density at radius 1 is 1.20 bits per heavy atom. The van der Waals surface area contributed by atoms with Crippen LogP contribution in [0.5, 0.6) is 0 Å². The number of nitrogens with two attached hydrogens (primary N) is 1. The van der Waals surface area contributed by atoms with E-state index in [4.69, 9.17) is 5.73 Å². The Bertz CT molecular complexity index is 609. The van der Waals surface area contributed by atoms with Gasteiger partial charge in [0.2, 0.25) is 0 Å². The normalized spacial score (nSPS) is 17.0. The maximum Gasteiger partial charge on any atom is 0.253 e. The number of amides is 1. The van der Waals surface area contributed by atoms with E-state index in [9.17, 15) is 4.79 Å². The Morgan fingerprint density at radius 3 is 2.70 bits per heavy atom. The predicted molar refractivity (Wildman–Crippen MR) is 81.7 cm³/mol. The molecule has 0 aliphatic heterocycles. The van der Waals surface area contributed by atoms with E-state index in [0.717, 1.165) is 23.7 Å². The summed E-state index contributed by atoms with van der Waals surface area (Å²) in [5.41, 5.74) is 8.13. The average Bonchev–Trinajstić information content (AvgIpc) is 2.67. The highest BCUT2D eigenvalue weighted by molar-refractivity contribution is 6.07. The predicted octanol–water partition coefficient (Wildman–Crippen LogP) is 3.20. The second-order valence-corrected chi connectivity index (χ2v) is 5.67. The van der Waals surface area contributed by atoms with Crippen LogP contribution in [0, 0.1) is 0 Å². The molecule has 1 aliphatic rings. The molecule has 2 aromatic rings. The molecule has 0 saturated heterocycles. The molecule has 0 atom stereocenters. The number of nitrogens with one attached hydrogen (secondary N) is 2. The third kappa shape index (κ3) is 2.64. The summed E-state index contributed by atoms with van der Waals surface area (Å²) in [4.78, 5) is 15.6. The van der Waals surface area contributed by atoms with E-state index in [1.54, 1.807) is 6.20 Å². The van der Waals surface area contributed by atoms with E-state index >= 15 is 0 Å². The number of aromatic amines is 1. The van der Waals surface area contributed by atoms with Gasteiger partial charge >= 0.3 is 0 Å². The molecule has 106 valence electrons. The summed E-state index contributed by atoms with van der Waals surface area (Å²) in [6.07, 6.45) is 8.96. The smallest absolute Gasteiger partial charge is 0.253 e. The molecule has 1 fully saturated rings. The molecule has 0 spiro atoms. The Balaban J connectivity index is 1.79. The third-order valence-corrected chi connectivity index (χ3v) is 4.14. The van der Waals surface area contributed by atoms with Gasteiger partial charge in [-0.2, -0.15) is 0 Å². The number of anilines is 1. The number of aromatic nitrogens is 1. The second-order valence-electron chi connectivity index (χ2n) is 5.67. The van der Waals surface area contributed by atoms with Gasteiger partial charge in [0, 0.05) is 28.8 Å². The lowest BCUT2D eigenvalue weighted by molar-refractivity contribution is 0.0935. The number of benzene rings is 1. The average molecular weight is 271 g/mol. The maximum absolute atomic E-state index is 12.4. The number of hydrogen-bond donors (Lipinski definition) is 3. The standard InChI is InChI=1S/C16H21N3O/c17-11-7-8-15-13(9-11)14(10-18-15)16(20)19-12-5-3-1-2-4-6-12/h7-10,12,18H,1-6,17H2,(H,19,20). The van der Waals surface area contributed by atoms with Crippen LogP contribution in [-0.4, -0.2) is 16.9 Å². The van der Waals surface area contributed by atoms with Gasteiger partial charge < -0.3 is 16.0 Å². The van der Waals surface area contributed by atoms with Crippen molar-refractivity contribution in [3.05, 3.63) is 30.0 Å². The Morgan fingerprint density at radius 2 is 1.95 bits per heavy atom. The zero-order valence-electron chi connectivity index (χ0n) is 11.6. The second kappa shape index (κ2) is 5.57. The summed E-state index contributed by atoms with van der Waals surface area (Å²) in [7, 11) is 0. The van der Waals surface area contributed by atoms with E-state index in [-0.39, 0.29) is 5.91 Å². The molecule has 0 bridgehead atoms. The Labute approximate surface area is 118 Å². The van der Waals surface area contributed by atoms with E-state index in [0.29, 0.717) is 17.3 Å². The number of carbonyl (C=O) groups is 1. The quantitative estimate of drug-likeness (QED) is 0.580. The SMILES string of the molecule is Nc1ccc2[nH]cc(C(=O)NC3CCCCCC3)c2c1. The minimum absolute atomic E-state index is 0.00810. The zero-order valence-corrected chi connectivity index (χ0v) is 11.6. The van der Waals surface area contributed by atoms with Gasteiger partial charge in [-0.3, -0.25) is 4.79 Å². The van der Waals surface area contributed by atoms with Crippen molar-refractivity contribution in [3.8, 4) is 0 Å². The summed E-state index contributed by atoms with van der Waals surface area (Å²) >= 11 is 0. The highest BCUT2D eigenvalue weighted by Crippen LogP contribution is 2.22. The van der Waals surface area contributed by atoms with Gasteiger partial charge in [-0.15, -0.1) is 0 Å². The van der Waals surface area contributed by atoms with Crippen LogP contribution in [0.25, 0.3) is 10.9 Å². The lowest BCUT2D eigenvalue weighted by atomic mass is 10.1. The van der Waals surface area contributed by atoms with Gasteiger partial charge in [-0.1, -0.05) is 25.7 Å². The van der Waals surface area contributed by atoms with Crippen LogP contribution < -0.4 is 11.1 Å². The first kappa shape index (κ1) is 13.0. The highest BCUT2D eigenvalue weighted by atomic mass is 16.1. The van der Waals surface area contributed by atoms with Crippen LogP contribution in [0.3, 0.4) is 0 Å². The molecule has 1 saturated carbocycles. The lowest BCUT2D eigenvalue weighted by Crippen LogP contribution is -2.34. The minimum Gasteiger partial charge on any atom is -0.399 e. The first-order valence-corrected chi connectivity index (χ1v) is 7.41. The fourth-order valence-corrected chi connectivity index (χ4v) is 3.01. The molecular weight excluding hydrogens is 250 g/mol. The number of carbonyl (C=O) groups excluding carboxylic acids is 1. The van der Waals surface area contributed by atoms with Crippen molar-refractivity contribution >= 4 is 22.5 Å². The van der Waals surface area contributed by atoms with Gasteiger partial charge in [-0.05, 0) is 31.0 Å². The number of nitrogen functional groups attached to an aromatic ring is 1. The van der Waals surface area contributed by atoms with Crippen LogP contribution >= 0.6 is 0 Å². The van der Waals surface area contributed by atoms with Crippen molar-refractivity contribution in [2.75, 3.05) is 5.73 Å². The fourth-order valence-electron chi connectivity index (χ4n) is 3.01. The topological polar surface area (TPSA) is 70.9 Å². The molecule has 0 unspecified atom stereocenters. The summed E-state index contributed by atoms with van der Waals surface area (Å²) in [5.74, 6) is 0.00810. The lowest BCUT2D eigenvalue weighted by Gasteiger charge is -2.15. The van der Waals surface area contributed by atoms with Crippen molar-refractivity contribution in [2.24, 2.45) is 0 Å². The molecule has 1 heterocycles. The van der Waals surface area contributed by atoms with Crippen molar-refractivity contribution in [2.45, 2.75) is 44.6 Å². The third-order valence-electron chi connectivity index (χ3n) is 4.14. The van der Waals surface area contributed by atoms with Crippen molar-refractivity contribution in [1.82, 2.24) is 10.3 Å². The van der Waals surface area contributed by atoms with E-state index in [1.165, 1.54) is 25.7 Å². The van der Waals surface area contributed by atoms with Crippen LogP contribution in [-0.2, 0) is 0 Å². The van der Waals surface area contributed by atoms with Gasteiger partial charge in [-0.25, -0.2) is 0 Å². The molecular formula is C16H21N3O. The van der Waals surface area contributed by atoms with Gasteiger partial charge in [0.25, 0.3) is 5.91 Å². The summed E-state index contributed by atoms with van der Waals surface area (Å²) in [6, 6.07) is 5.92. The molecule has 1 aromatic heterocycles. The molecule has 1 aliphatic carbocycles. The van der Waals surface area contributed by atoms with Crippen molar-refractivity contribution < 1.29 is 4.79 Å². The zero-order chi connectivity index (χ0) is 13.9. The largest absolute Gasteiger partial charge is 0.399 e. The first-order valence-electron chi connectivity index (χ1n) is 7.41. The molecule has 4 N–H and O–H groups in total. The molecule has 4 nitrogen and oxygen atoms in total. The van der Waals surface area contributed by atoms with E-state index < -0.39 is 0 Å². The monoisotopic (exact) mass is 271 g/mol. The Hall–Kier alpha value is -1.97. The van der Waals surface area contributed by atoms with E-state index in [1.807, 2.05) is 18.2 Å². The molecule has 4 heteroatoms. The summed E-state index contributed by atoms with van der Waals surface area (Å²) < 4.78 is 0. The summed E-state index contributed by atoms with van der Waals surface area (Å²) in [5, 5.41) is 4.07. The maximum atomic E-state index is 12.4. The Kier molecular flexibility index (Phi) is 3.63. The number of hydrogen-bond acceptors (Lipinski definition) is 2. The molecule has 20 heavy (non-hydrogen) atoms. The number of H-pyrrole nitrogens is 1. The summed E-state index contributed by atoms with van der Waals surface area (Å²) in [6.45, 7) is 0. The van der Waals surface area contributed by atoms with Gasteiger partial charge in [0.05, 0.1) is 5.56 Å². The number of rotatable bonds is 2. The minimum atomic E-state index is 0.00810. The van der Waals surface area contributed by atoms with Crippen LogP contribution in [0.15, 0.2) is 24.4 Å². The van der Waals surface area contributed by atoms with Crippen molar-refractivity contribution in [1.29, 1.82) is 0 Å². The van der Waals surface area contributed by atoms with Gasteiger partial charge in [0.15, 0.2) is 0 Å². The molecule has 0 radical (unpaired) electrons. The molecule has 1 aromatic carbocycles. The van der Waals surface area contributed by atoms with Crippen LogP contribution in [0.4, 0.5) is 5.69 Å².